The van der Waals surface area contributed by atoms with Gasteiger partial charge in [0.15, 0.2) is 0 Å². The van der Waals surface area contributed by atoms with Gasteiger partial charge in [-0.25, -0.2) is 0 Å². The Balaban J connectivity index is 0.00000176. The SMILES string of the molecule is C/C=C\C=C/CC1CCCN1Cc1ccc(COc2ccc(CCC=O)cc2)cc1.CO. The molecule has 0 radical (unpaired) electrons. The van der Waals surface area contributed by atoms with Crippen molar-refractivity contribution in [2.75, 3.05) is 13.7 Å². The van der Waals surface area contributed by atoms with E-state index in [0.29, 0.717) is 19.1 Å². The Labute approximate surface area is 193 Å². The lowest BCUT2D eigenvalue weighted by molar-refractivity contribution is -0.107. The van der Waals surface area contributed by atoms with E-state index in [1.165, 1.54) is 30.5 Å². The number of aldehydes is 1. The van der Waals surface area contributed by atoms with E-state index in [9.17, 15) is 4.79 Å². The van der Waals surface area contributed by atoms with Gasteiger partial charge in [0.1, 0.15) is 18.6 Å². The fraction of sp³-hybridized carbons (Fsp3) is 0.393. The molecule has 0 amide bonds. The van der Waals surface area contributed by atoms with E-state index < -0.39 is 0 Å². The van der Waals surface area contributed by atoms with E-state index in [1.807, 2.05) is 24.3 Å². The van der Waals surface area contributed by atoms with Crippen LogP contribution in [0.5, 0.6) is 5.75 Å². The van der Waals surface area contributed by atoms with Crippen molar-refractivity contribution in [3.8, 4) is 5.75 Å². The molecule has 3 rings (SSSR count). The molecule has 1 aliphatic rings. The van der Waals surface area contributed by atoms with Crippen LogP contribution >= 0.6 is 0 Å². The first-order valence-electron chi connectivity index (χ1n) is 11.5. The van der Waals surface area contributed by atoms with E-state index in [4.69, 9.17) is 9.84 Å². The summed E-state index contributed by atoms with van der Waals surface area (Å²) in [6.45, 7) is 4.83. The van der Waals surface area contributed by atoms with Crippen molar-refractivity contribution in [2.24, 2.45) is 0 Å². The molecule has 1 unspecified atom stereocenters. The fourth-order valence-corrected chi connectivity index (χ4v) is 3.92. The van der Waals surface area contributed by atoms with Crippen molar-refractivity contribution < 1.29 is 14.6 Å². The van der Waals surface area contributed by atoms with Crippen molar-refractivity contribution >= 4 is 6.29 Å². The van der Waals surface area contributed by atoms with Crippen LogP contribution in [0.1, 0.15) is 49.3 Å². The molecule has 2 aromatic rings. The summed E-state index contributed by atoms with van der Waals surface area (Å²) in [7, 11) is 1.00. The maximum Gasteiger partial charge on any atom is 0.120 e. The molecular formula is C28H37NO3. The minimum absolute atomic E-state index is 0.566. The predicted molar refractivity (Wildman–Crippen MR) is 132 cm³/mol. The summed E-state index contributed by atoms with van der Waals surface area (Å²) in [5, 5.41) is 7.00. The van der Waals surface area contributed by atoms with Crippen LogP contribution in [-0.2, 0) is 24.4 Å². The van der Waals surface area contributed by atoms with Crippen LogP contribution in [0.2, 0.25) is 0 Å². The molecule has 172 valence electrons. The third kappa shape index (κ3) is 8.81. The number of carbonyl (C=O) groups excluding carboxylic acids is 1. The predicted octanol–water partition coefficient (Wildman–Crippen LogP) is 5.49. The number of aryl methyl sites for hydroxylation is 1. The molecule has 0 bridgehead atoms. The first-order valence-corrected chi connectivity index (χ1v) is 11.5. The lowest BCUT2D eigenvalue weighted by Crippen LogP contribution is -2.28. The smallest absolute Gasteiger partial charge is 0.120 e. The molecular weight excluding hydrogens is 398 g/mol. The van der Waals surface area contributed by atoms with E-state index in [1.54, 1.807) is 0 Å². The highest BCUT2D eigenvalue weighted by Gasteiger charge is 2.23. The zero-order valence-electron chi connectivity index (χ0n) is 19.5. The molecule has 2 aromatic carbocycles. The number of likely N-dealkylation sites (tertiary alicyclic amines) is 1. The normalized spacial score (nSPS) is 16.3. The molecule has 0 aromatic heterocycles. The highest BCUT2D eigenvalue weighted by Crippen LogP contribution is 2.23. The Hall–Kier alpha value is -2.69. The minimum atomic E-state index is 0.566. The number of rotatable bonds is 11. The second-order valence-corrected chi connectivity index (χ2v) is 7.91. The molecule has 1 atom stereocenters. The molecule has 1 fully saturated rings. The summed E-state index contributed by atoms with van der Waals surface area (Å²) in [4.78, 5) is 13.1. The van der Waals surface area contributed by atoms with Gasteiger partial charge < -0.3 is 14.6 Å². The summed E-state index contributed by atoms with van der Waals surface area (Å²) in [6, 6.07) is 17.5. The summed E-state index contributed by atoms with van der Waals surface area (Å²) >= 11 is 0. The highest BCUT2D eigenvalue weighted by molar-refractivity contribution is 5.50. The second-order valence-electron chi connectivity index (χ2n) is 7.91. The molecule has 0 aliphatic carbocycles. The van der Waals surface area contributed by atoms with Gasteiger partial charge in [-0.15, -0.1) is 0 Å². The number of hydrogen-bond donors (Lipinski definition) is 1. The molecule has 4 heteroatoms. The number of carbonyl (C=O) groups is 1. The lowest BCUT2D eigenvalue weighted by Gasteiger charge is -2.23. The summed E-state index contributed by atoms with van der Waals surface area (Å²) in [5.41, 5.74) is 3.70. The van der Waals surface area contributed by atoms with Gasteiger partial charge in [0.2, 0.25) is 0 Å². The van der Waals surface area contributed by atoms with Crippen LogP contribution in [0.15, 0.2) is 72.8 Å². The van der Waals surface area contributed by atoms with Gasteiger partial charge in [-0.2, -0.15) is 0 Å². The van der Waals surface area contributed by atoms with E-state index in [-0.39, 0.29) is 0 Å². The number of allylic oxidation sites excluding steroid dienone is 3. The van der Waals surface area contributed by atoms with Crippen LogP contribution in [0.3, 0.4) is 0 Å². The molecule has 32 heavy (non-hydrogen) atoms. The summed E-state index contributed by atoms with van der Waals surface area (Å²) in [6.07, 6.45) is 14.6. The second kappa shape index (κ2) is 15.2. The number of ether oxygens (including phenoxy) is 1. The van der Waals surface area contributed by atoms with Crippen LogP contribution in [0.4, 0.5) is 0 Å². The fourth-order valence-electron chi connectivity index (χ4n) is 3.92. The third-order valence-electron chi connectivity index (χ3n) is 5.64. The van der Waals surface area contributed by atoms with E-state index in [0.717, 1.165) is 44.1 Å². The van der Waals surface area contributed by atoms with Crippen molar-refractivity contribution in [3.63, 3.8) is 0 Å². The number of hydrogen-bond acceptors (Lipinski definition) is 4. The maximum absolute atomic E-state index is 10.5. The molecule has 0 saturated carbocycles. The van der Waals surface area contributed by atoms with E-state index >= 15 is 0 Å². The zero-order valence-corrected chi connectivity index (χ0v) is 19.5. The topological polar surface area (TPSA) is 49.8 Å². The molecule has 1 saturated heterocycles. The largest absolute Gasteiger partial charge is 0.489 e. The average molecular weight is 436 g/mol. The van der Waals surface area contributed by atoms with Gasteiger partial charge in [0.05, 0.1) is 0 Å². The summed E-state index contributed by atoms with van der Waals surface area (Å²) in [5.74, 6) is 0.861. The summed E-state index contributed by atoms with van der Waals surface area (Å²) < 4.78 is 5.91. The molecule has 1 aliphatic heterocycles. The maximum atomic E-state index is 10.5. The van der Waals surface area contributed by atoms with Crippen LogP contribution < -0.4 is 4.74 Å². The number of nitrogens with zero attached hydrogens (tertiary/aromatic N) is 1. The number of aliphatic hydroxyl groups is 1. The van der Waals surface area contributed by atoms with Crippen LogP contribution in [-0.4, -0.2) is 36.0 Å². The quantitative estimate of drug-likeness (QED) is 0.374. The number of aliphatic hydroxyl groups excluding tert-OH is 1. The zero-order chi connectivity index (χ0) is 23.0. The first-order chi connectivity index (χ1) is 15.8. The molecule has 1 N–H and O–H groups in total. The molecule has 1 heterocycles. The highest BCUT2D eigenvalue weighted by atomic mass is 16.5. The number of benzene rings is 2. The van der Waals surface area contributed by atoms with Gasteiger partial charge >= 0.3 is 0 Å². The van der Waals surface area contributed by atoms with Crippen molar-refractivity contribution in [2.45, 2.75) is 58.2 Å². The monoisotopic (exact) mass is 435 g/mol. The minimum Gasteiger partial charge on any atom is -0.489 e. The Bertz CT molecular complexity index is 825. The van der Waals surface area contributed by atoms with Gasteiger partial charge in [-0.3, -0.25) is 4.90 Å². The van der Waals surface area contributed by atoms with Gasteiger partial charge in [-0.05, 0) is 68.0 Å². The van der Waals surface area contributed by atoms with Crippen LogP contribution in [0.25, 0.3) is 0 Å². The van der Waals surface area contributed by atoms with Crippen LogP contribution in [0, 0.1) is 0 Å². The Kier molecular flexibility index (Phi) is 12.1. The van der Waals surface area contributed by atoms with Crippen molar-refractivity contribution in [3.05, 3.63) is 89.5 Å². The van der Waals surface area contributed by atoms with E-state index in [2.05, 4.69) is 60.4 Å². The third-order valence-corrected chi connectivity index (χ3v) is 5.64. The Morgan fingerprint density at radius 1 is 1.00 bits per heavy atom. The van der Waals surface area contributed by atoms with Gasteiger partial charge in [0.25, 0.3) is 0 Å². The Morgan fingerprint density at radius 2 is 1.69 bits per heavy atom. The van der Waals surface area contributed by atoms with Crippen molar-refractivity contribution in [1.29, 1.82) is 0 Å². The first kappa shape index (κ1) is 25.6. The average Bonchev–Trinajstić information content (AvgIpc) is 3.29. The standard InChI is InChI=1S/C27H33NO2.CH4O/c1-2-3-4-5-9-26-10-6-19-28(26)21-24-11-13-25(14-12-24)22-30-27-17-15-23(16-18-27)8-7-20-29;1-2/h2-5,11-18,20,26H,6-10,19,21-22H2,1H3;2H,1H3/b3-2-,5-4-;. The van der Waals surface area contributed by atoms with Gasteiger partial charge in [0, 0.05) is 26.1 Å². The Morgan fingerprint density at radius 3 is 2.38 bits per heavy atom. The van der Waals surface area contributed by atoms with Crippen molar-refractivity contribution in [1.82, 2.24) is 4.90 Å². The molecule has 0 spiro atoms. The van der Waals surface area contributed by atoms with Gasteiger partial charge in [-0.1, -0.05) is 60.7 Å². The lowest BCUT2D eigenvalue weighted by atomic mass is 10.1. The molecule has 4 nitrogen and oxygen atoms in total.